The fourth-order valence-corrected chi connectivity index (χ4v) is 2.69. The summed E-state index contributed by atoms with van der Waals surface area (Å²) in [6.07, 6.45) is 5.46. The molecule has 0 saturated heterocycles. The third-order valence-corrected chi connectivity index (χ3v) is 3.94. The number of allylic oxidation sites excluding steroid dienone is 1. The van der Waals surface area contributed by atoms with Crippen LogP contribution in [0.5, 0.6) is 0 Å². The van der Waals surface area contributed by atoms with E-state index in [0.717, 1.165) is 45.9 Å². The van der Waals surface area contributed by atoms with Crippen molar-refractivity contribution in [3.05, 3.63) is 66.3 Å². The second-order valence-corrected chi connectivity index (χ2v) is 6.64. The molecule has 2 rings (SSSR count). The molecule has 0 fully saturated rings. The molecular weight excluding hydrogens is 322 g/mol. The van der Waals surface area contributed by atoms with Crippen LogP contribution in [0.4, 0.5) is 5.69 Å². The van der Waals surface area contributed by atoms with E-state index in [9.17, 15) is 0 Å². The third kappa shape index (κ3) is 4.64. The Morgan fingerprint density at radius 1 is 1.23 bits per heavy atom. The minimum Gasteiger partial charge on any atom is -0.381 e. The van der Waals surface area contributed by atoms with Gasteiger partial charge < -0.3 is 10.2 Å². The maximum Gasteiger partial charge on any atom is 0.125 e. The zero-order valence-electron chi connectivity index (χ0n) is 16.1. The minimum absolute atomic E-state index is 0.423. The molecule has 1 heterocycles. The molecule has 5 nitrogen and oxygen atoms in total. The van der Waals surface area contributed by atoms with Gasteiger partial charge in [-0.25, -0.2) is 9.97 Å². The van der Waals surface area contributed by atoms with Gasteiger partial charge in [-0.2, -0.15) is 0 Å². The highest BCUT2D eigenvalue weighted by molar-refractivity contribution is 6.14. The number of hydrogen-bond acceptors (Lipinski definition) is 5. The van der Waals surface area contributed by atoms with Gasteiger partial charge in [0.1, 0.15) is 5.82 Å². The first-order valence-corrected chi connectivity index (χ1v) is 8.53. The third-order valence-electron chi connectivity index (χ3n) is 3.94. The van der Waals surface area contributed by atoms with Gasteiger partial charge in [0, 0.05) is 42.3 Å². The number of rotatable bonds is 8. The highest BCUT2D eigenvalue weighted by Gasteiger charge is 2.16. The number of nitrogens with zero attached hydrogens (tertiary/aromatic N) is 3. The van der Waals surface area contributed by atoms with Crippen LogP contribution in [0.3, 0.4) is 0 Å². The maximum atomic E-state index is 8.52. The molecule has 26 heavy (non-hydrogen) atoms. The van der Waals surface area contributed by atoms with Crippen molar-refractivity contribution < 1.29 is 0 Å². The smallest absolute Gasteiger partial charge is 0.125 e. The number of aromatic nitrogens is 2. The normalized spacial score (nSPS) is 10.7. The lowest BCUT2D eigenvalue weighted by atomic mass is 9.94. The fourth-order valence-electron chi connectivity index (χ4n) is 2.69. The first-order valence-electron chi connectivity index (χ1n) is 8.53. The Morgan fingerprint density at radius 3 is 2.42 bits per heavy atom. The molecule has 0 bridgehead atoms. The van der Waals surface area contributed by atoms with Crippen LogP contribution in [-0.4, -0.2) is 41.2 Å². The average molecular weight is 349 g/mol. The zero-order chi connectivity index (χ0) is 19.3. The van der Waals surface area contributed by atoms with Crippen LogP contribution in [0, 0.1) is 12.3 Å². The number of nitrogens with one attached hydrogen (secondary N) is 2. The van der Waals surface area contributed by atoms with E-state index in [1.54, 1.807) is 0 Å². The topological polar surface area (TPSA) is 64.9 Å². The molecule has 136 valence electrons. The van der Waals surface area contributed by atoms with Crippen molar-refractivity contribution >= 4 is 11.4 Å². The van der Waals surface area contributed by atoms with Crippen molar-refractivity contribution in [3.63, 3.8) is 0 Å². The number of hydrogen-bond donors (Lipinski definition) is 2. The van der Waals surface area contributed by atoms with Crippen molar-refractivity contribution in [2.75, 3.05) is 26.0 Å². The van der Waals surface area contributed by atoms with E-state index >= 15 is 0 Å². The molecule has 0 amide bonds. The summed E-state index contributed by atoms with van der Waals surface area (Å²) in [4.78, 5) is 10.7. The molecule has 5 heteroatoms. The summed E-state index contributed by atoms with van der Waals surface area (Å²) in [6.45, 7) is 12.8. The van der Waals surface area contributed by atoms with Crippen LogP contribution in [-0.2, 0) is 6.54 Å². The maximum absolute atomic E-state index is 8.52. The molecular formula is C21H27N5. The summed E-state index contributed by atoms with van der Waals surface area (Å²) in [5.74, 6) is 0.737. The predicted molar refractivity (Wildman–Crippen MR) is 110 cm³/mol. The van der Waals surface area contributed by atoms with E-state index in [1.165, 1.54) is 0 Å². The van der Waals surface area contributed by atoms with Crippen LogP contribution in [0.15, 0.2) is 49.3 Å². The van der Waals surface area contributed by atoms with Gasteiger partial charge in [0.2, 0.25) is 0 Å². The van der Waals surface area contributed by atoms with Crippen molar-refractivity contribution in [2.24, 2.45) is 0 Å². The Balaban J connectivity index is 2.68. The Bertz CT molecular complexity index is 819. The molecule has 0 unspecified atom stereocenters. The molecule has 1 aromatic carbocycles. The second-order valence-electron chi connectivity index (χ2n) is 6.64. The molecule has 0 saturated carbocycles. The van der Waals surface area contributed by atoms with Crippen molar-refractivity contribution in [2.45, 2.75) is 20.4 Å². The van der Waals surface area contributed by atoms with E-state index in [4.69, 9.17) is 5.41 Å². The lowest BCUT2D eigenvalue weighted by Gasteiger charge is -2.21. The first kappa shape index (κ1) is 19.5. The van der Waals surface area contributed by atoms with E-state index < -0.39 is 0 Å². The average Bonchev–Trinajstić information content (AvgIpc) is 2.59. The standard InChI is InChI=1S/C21H27N5/c1-7-8-23-21-17(13-26(5)6)9-16(10-19(21)20(22)14(2)3)18-11-24-15(4)25-12-18/h7,9-12,22-23H,1-2,8,13H2,3-6H3. The largest absolute Gasteiger partial charge is 0.381 e. The number of benzene rings is 1. The number of anilines is 1. The monoisotopic (exact) mass is 349 g/mol. The van der Waals surface area contributed by atoms with Gasteiger partial charge in [0.05, 0.1) is 5.71 Å². The van der Waals surface area contributed by atoms with Gasteiger partial charge in [0.25, 0.3) is 0 Å². The van der Waals surface area contributed by atoms with Crippen molar-refractivity contribution in [3.8, 4) is 11.1 Å². The van der Waals surface area contributed by atoms with Gasteiger partial charge in [-0.3, -0.25) is 5.41 Å². The Labute approximate surface area is 156 Å². The summed E-state index contributed by atoms with van der Waals surface area (Å²) >= 11 is 0. The first-order chi connectivity index (χ1) is 12.3. The lowest BCUT2D eigenvalue weighted by molar-refractivity contribution is 0.403. The molecule has 0 aliphatic heterocycles. The Hall–Kier alpha value is -2.79. The van der Waals surface area contributed by atoms with Gasteiger partial charge in [-0.05, 0) is 56.8 Å². The van der Waals surface area contributed by atoms with Gasteiger partial charge in [0.15, 0.2) is 0 Å². The van der Waals surface area contributed by atoms with Gasteiger partial charge in [-0.15, -0.1) is 6.58 Å². The second kappa shape index (κ2) is 8.54. The van der Waals surface area contributed by atoms with E-state index in [1.807, 2.05) is 52.5 Å². The van der Waals surface area contributed by atoms with Crippen LogP contribution in [0.1, 0.15) is 23.9 Å². The molecule has 0 aliphatic carbocycles. The Kier molecular flexibility index (Phi) is 6.41. The van der Waals surface area contributed by atoms with E-state index in [2.05, 4.69) is 39.4 Å². The molecule has 0 spiro atoms. The molecule has 1 aromatic heterocycles. The fraction of sp³-hybridized carbons (Fsp3) is 0.286. The van der Waals surface area contributed by atoms with Crippen LogP contribution < -0.4 is 5.32 Å². The molecule has 2 N–H and O–H groups in total. The summed E-state index contributed by atoms with van der Waals surface area (Å²) < 4.78 is 0. The summed E-state index contributed by atoms with van der Waals surface area (Å²) in [6, 6.07) is 4.14. The quantitative estimate of drug-likeness (QED) is 0.557. The molecule has 2 aromatic rings. The lowest BCUT2D eigenvalue weighted by Crippen LogP contribution is -2.16. The number of aryl methyl sites for hydroxylation is 1. The van der Waals surface area contributed by atoms with E-state index in [-0.39, 0.29) is 0 Å². The van der Waals surface area contributed by atoms with Crippen LogP contribution in [0.2, 0.25) is 0 Å². The molecule has 0 aliphatic rings. The van der Waals surface area contributed by atoms with Crippen molar-refractivity contribution in [1.29, 1.82) is 5.41 Å². The SMILES string of the molecule is C=CCNc1c(CN(C)C)cc(-c2cnc(C)nc2)cc1C(=N)C(=C)C. The summed E-state index contributed by atoms with van der Waals surface area (Å²) in [5.41, 5.74) is 5.95. The highest BCUT2D eigenvalue weighted by atomic mass is 15.1. The predicted octanol–water partition coefficient (Wildman–Crippen LogP) is 4.06. The highest BCUT2D eigenvalue weighted by Crippen LogP contribution is 2.31. The van der Waals surface area contributed by atoms with Gasteiger partial charge in [-0.1, -0.05) is 12.7 Å². The molecule has 0 radical (unpaired) electrons. The van der Waals surface area contributed by atoms with Crippen LogP contribution in [0.25, 0.3) is 11.1 Å². The van der Waals surface area contributed by atoms with E-state index in [0.29, 0.717) is 12.3 Å². The zero-order valence-corrected chi connectivity index (χ0v) is 16.1. The van der Waals surface area contributed by atoms with Gasteiger partial charge >= 0.3 is 0 Å². The van der Waals surface area contributed by atoms with Crippen LogP contribution >= 0.6 is 0 Å². The minimum atomic E-state index is 0.423. The molecule has 0 atom stereocenters. The summed E-state index contributed by atoms with van der Waals surface area (Å²) in [7, 11) is 4.06. The Morgan fingerprint density at radius 2 is 1.88 bits per heavy atom. The summed E-state index contributed by atoms with van der Waals surface area (Å²) in [5, 5.41) is 11.9. The van der Waals surface area contributed by atoms with Crippen molar-refractivity contribution in [1.82, 2.24) is 14.9 Å².